The molecule has 1 aromatic carbocycles. The van der Waals surface area contributed by atoms with Gasteiger partial charge in [0.25, 0.3) is 0 Å². The number of fused-ring (bicyclic) bond motifs is 1. The third kappa shape index (κ3) is 3.90. The first-order valence-corrected chi connectivity index (χ1v) is 7.13. The lowest BCUT2D eigenvalue weighted by molar-refractivity contribution is -0.116. The summed E-state index contributed by atoms with van der Waals surface area (Å²) in [5, 5.41) is 3.33. The van der Waals surface area contributed by atoms with Gasteiger partial charge in [0, 0.05) is 12.6 Å². The topological polar surface area (TPSA) is 47.6 Å². The van der Waals surface area contributed by atoms with Crippen LogP contribution in [0.1, 0.15) is 31.7 Å². The molecular weight excluding hydrogens is 278 g/mol. The average Bonchev–Trinajstić information content (AvgIpc) is 2.90. The van der Waals surface area contributed by atoms with Crippen molar-refractivity contribution in [2.75, 3.05) is 13.3 Å². The molecule has 2 rings (SSSR count). The zero-order valence-corrected chi connectivity index (χ0v) is 12.2. The molecule has 0 saturated carbocycles. The molecular formula is C15H18ClNO3. The summed E-state index contributed by atoms with van der Waals surface area (Å²) in [6.45, 7) is 3.02. The van der Waals surface area contributed by atoms with Crippen LogP contribution in [0.5, 0.6) is 11.5 Å². The summed E-state index contributed by atoms with van der Waals surface area (Å²) in [5.74, 6) is 1.07. The molecule has 0 spiro atoms. The second-order valence-corrected chi connectivity index (χ2v) is 4.98. The maximum Gasteiger partial charge on any atom is 0.243 e. The Morgan fingerprint density at radius 2 is 2.25 bits per heavy atom. The quantitative estimate of drug-likeness (QED) is 0.646. The summed E-state index contributed by atoms with van der Waals surface area (Å²) in [4.78, 5) is 11.6. The van der Waals surface area contributed by atoms with Gasteiger partial charge in [0.05, 0.1) is 5.02 Å². The summed E-state index contributed by atoms with van der Waals surface area (Å²) >= 11 is 6.07. The van der Waals surface area contributed by atoms with Crippen LogP contribution in [0.2, 0.25) is 5.02 Å². The third-order valence-electron chi connectivity index (χ3n) is 2.96. The lowest BCUT2D eigenvalue weighted by atomic mass is 10.2. The van der Waals surface area contributed by atoms with Gasteiger partial charge in [-0.2, -0.15) is 0 Å². The molecule has 0 aromatic heterocycles. The van der Waals surface area contributed by atoms with Crippen molar-refractivity contribution >= 4 is 23.6 Å². The molecule has 5 heteroatoms. The molecule has 1 aliphatic heterocycles. The van der Waals surface area contributed by atoms with Crippen molar-refractivity contribution in [2.45, 2.75) is 26.2 Å². The molecule has 1 heterocycles. The maximum atomic E-state index is 11.6. The van der Waals surface area contributed by atoms with E-state index in [1.807, 2.05) is 0 Å². The SMILES string of the molecule is CCCCCNC(=O)/C=C/c1cc(Cl)c2c(c1)OCO2. The van der Waals surface area contributed by atoms with Gasteiger partial charge in [0.1, 0.15) is 0 Å². The number of benzene rings is 1. The minimum Gasteiger partial charge on any atom is -0.454 e. The second kappa shape index (κ2) is 7.20. The number of unbranched alkanes of at least 4 members (excludes halogenated alkanes) is 2. The molecule has 1 N–H and O–H groups in total. The van der Waals surface area contributed by atoms with Crippen molar-refractivity contribution in [3.63, 3.8) is 0 Å². The van der Waals surface area contributed by atoms with E-state index >= 15 is 0 Å². The summed E-state index contributed by atoms with van der Waals surface area (Å²) in [7, 11) is 0. The highest BCUT2D eigenvalue weighted by atomic mass is 35.5. The van der Waals surface area contributed by atoms with Gasteiger partial charge >= 0.3 is 0 Å². The van der Waals surface area contributed by atoms with Crippen LogP contribution < -0.4 is 14.8 Å². The minimum absolute atomic E-state index is 0.102. The highest BCUT2D eigenvalue weighted by Gasteiger charge is 2.17. The summed E-state index contributed by atoms with van der Waals surface area (Å²) in [6, 6.07) is 3.55. The van der Waals surface area contributed by atoms with Crippen LogP contribution in [0.3, 0.4) is 0 Å². The maximum absolute atomic E-state index is 11.6. The molecule has 1 aliphatic rings. The Hall–Kier alpha value is -1.68. The van der Waals surface area contributed by atoms with E-state index in [9.17, 15) is 4.79 Å². The molecule has 0 fully saturated rings. The van der Waals surface area contributed by atoms with Crippen LogP contribution in [-0.4, -0.2) is 19.2 Å². The zero-order valence-electron chi connectivity index (χ0n) is 11.4. The molecule has 0 aliphatic carbocycles. The van der Waals surface area contributed by atoms with Gasteiger partial charge in [-0.25, -0.2) is 0 Å². The van der Waals surface area contributed by atoms with Crippen molar-refractivity contribution in [3.05, 3.63) is 28.8 Å². The largest absolute Gasteiger partial charge is 0.454 e. The zero-order chi connectivity index (χ0) is 14.4. The van der Waals surface area contributed by atoms with Gasteiger partial charge in [0.15, 0.2) is 11.5 Å². The van der Waals surface area contributed by atoms with Crippen molar-refractivity contribution in [1.82, 2.24) is 5.32 Å². The van der Waals surface area contributed by atoms with E-state index in [4.69, 9.17) is 21.1 Å². The van der Waals surface area contributed by atoms with Gasteiger partial charge in [-0.15, -0.1) is 0 Å². The van der Waals surface area contributed by atoms with Crippen molar-refractivity contribution in [1.29, 1.82) is 0 Å². The number of rotatable bonds is 6. The van der Waals surface area contributed by atoms with E-state index in [2.05, 4.69) is 12.2 Å². The number of ether oxygens (including phenoxy) is 2. The molecule has 0 saturated heterocycles. The first-order valence-electron chi connectivity index (χ1n) is 6.75. The van der Waals surface area contributed by atoms with Crippen LogP contribution in [0.25, 0.3) is 6.08 Å². The standard InChI is InChI=1S/C15H18ClNO3/c1-2-3-4-7-17-14(18)6-5-11-8-12(16)15-13(9-11)19-10-20-15/h5-6,8-9H,2-4,7,10H2,1H3,(H,17,18)/b6-5+. The lowest BCUT2D eigenvalue weighted by Crippen LogP contribution is -2.21. The van der Waals surface area contributed by atoms with Crippen molar-refractivity contribution in [3.8, 4) is 11.5 Å². The fourth-order valence-corrected chi connectivity index (χ4v) is 2.17. The second-order valence-electron chi connectivity index (χ2n) is 4.57. The van der Waals surface area contributed by atoms with Crippen LogP contribution in [-0.2, 0) is 4.79 Å². The Bertz CT molecular complexity index is 514. The highest BCUT2D eigenvalue weighted by molar-refractivity contribution is 6.32. The Morgan fingerprint density at radius 1 is 1.40 bits per heavy atom. The smallest absolute Gasteiger partial charge is 0.243 e. The Morgan fingerprint density at radius 3 is 3.05 bits per heavy atom. The number of hydrogen-bond donors (Lipinski definition) is 1. The summed E-state index contributed by atoms with van der Waals surface area (Å²) < 4.78 is 10.5. The van der Waals surface area contributed by atoms with Crippen LogP contribution in [0.15, 0.2) is 18.2 Å². The molecule has 0 unspecified atom stereocenters. The van der Waals surface area contributed by atoms with Crippen LogP contribution in [0.4, 0.5) is 0 Å². The third-order valence-corrected chi connectivity index (χ3v) is 3.24. The number of carbonyl (C=O) groups excluding carboxylic acids is 1. The molecule has 108 valence electrons. The molecule has 0 radical (unpaired) electrons. The van der Waals surface area contributed by atoms with Crippen molar-refractivity contribution < 1.29 is 14.3 Å². The van der Waals surface area contributed by atoms with Crippen LogP contribution >= 0.6 is 11.6 Å². The van der Waals surface area contributed by atoms with E-state index in [-0.39, 0.29) is 12.7 Å². The molecule has 0 bridgehead atoms. The molecule has 4 nitrogen and oxygen atoms in total. The average molecular weight is 296 g/mol. The predicted molar refractivity (Wildman–Crippen MR) is 79.1 cm³/mol. The van der Waals surface area contributed by atoms with E-state index in [0.29, 0.717) is 23.1 Å². The molecule has 1 aromatic rings. The van der Waals surface area contributed by atoms with Crippen LogP contribution in [0, 0.1) is 0 Å². The van der Waals surface area contributed by atoms with Gasteiger partial charge in [0.2, 0.25) is 12.7 Å². The fraction of sp³-hybridized carbons (Fsp3) is 0.400. The fourth-order valence-electron chi connectivity index (χ4n) is 1.90. The number of nitrogens with one attached hydrogen (secondary N) is 1. The van der Waals surface area contributed by atoms with E-state index in [0.717, 1.165) is 24.8 Å². The first-order chi connectivity index (χ1) is 9.70. The summed E-state index contributed by atoms with van der Waals surface area (Å²) in [6.07, 6.45) is 6.48. The number of amides is 1. The Kier molecular flexibility index (Phi) is 5.30. The van der Waals surface area contributed by atoms with Gasteiger partial charge < -0.3 is 14.8 Å². The minimum atomic E-state index is -0.102. The molecule has 20 heavy (non-hydrogen) atoms. The van der Waals surface area contributed by atoms with E-state index in [1.54, 1.807) is 18.2 Å². The van der Waals surface area contributed by atoms with E-state index in [1.165, 1.54) is 6.08 Å². The highest BCUT2D eigenvalue weighted by Crippen LogP contribution is 2.39. The Labute approximate surface area is 123 Å². The Balaban J connectivity index is 1.91. The van der Waals surface area contributed by atoms with Gasteiger partial charge in [-0.3, -0.25) is 4.79 Å². The predicted octanol–water partition coefficient (Wildman–Crippen LogP) is 3.39. The lowest BCUT2D eigenvalue weighted by Gasteiger charge is -2.02. The van der Waals surface area contributed by atoms with Gasteiger partial charge in [-0.1, -0.05) is 31.4 Å². The monoisotopic (exact) mass is 295 g/mol. The molecule has 0 atom stereocenters. The number of halogens is 1. The van der Waals surface area contributed by atoms with Crippen molar-refractivity contribution in [2.24, 2.45) is 0 Å². The number of carbonyl (C=O) groups is 1. The molecule has 1 amide bonds. The number of hydrogen-bond acceptors (Lipinski definition) is 3. The summed E-state index contributed by atoms with van der Waals surface area (Å²) in [5.41, 5.74) is 0.808. The normalized spacial score (nSPS) is 12.9. The first kappa shape index (κ1) is 14.7. The van der Waals surface area contributed by atoms with Gasteiger partial charge in [-0.05, 0) is 30.2 Å². The van der Waals surface area contributed by atoms with E-state index < -0.39 is 0 Å².